The van der Waals surface area contributed by atoms with Crippen molar-refractivity contribution in [2.75, 3.05) is 5.73 Å². The number of hydrogen-bond donors (Lipinski definition) is 2. The van der Waals surface area contributed by atoms with E-state index >= 15 is 0 Å². The average molecular weight is 323 g/mol. The van der Waals surface area contributed by atoms with Crippen molar-refractivity contribution in [2.24, 2.45) is 7.05 Å². The lowest BCUT2D eigenvalue weighted by molar-refractivity contribution is 0.0931. The molecule has 5 nitrogen and oxygen atoms in total. The first-order valence-electron chi connectivity index (χ1n) is 5.83. The minimum absolute atomic E-state index is 0.102. The van der Waals surface area contributed by atoms with E-state index in [1.54, 1.807) is 7.05 Å². The van der Waals surface area contributed by atoms with Gasteiger partial charge in [0, 0.05) is 11.5 Å². The van der Waals surface area contributed by atoms with Crippen LogP contribution in [0.15, 0.2) is 34.9 Å². The fourth-order valence-electron chi connectivity index (χ4n) is 1.83. The topological polar surface area (TPSA) is 72.9 Å². The molecule has 2 aromatic rings. The molecule has 0 aliphatic heterocycles. The van der Waals surface area contributed by atoms with Crippen LogP contribution in [0.3, 0.4) is 0 Å². The second-order valence-electron chi connectivity index (χ2n) is 4.32. The van der Waals surface area contributed by atoms with Crippen LogP contribution in [-0.2, 0) is 7.05 Å². The number of hydrogen-bond acceptors (Lipinski definition) is 3. The zero-order valence-corrected chi connectivity index (χ0v) is 12.3. The predicted molar refractivity (Wildman–Crippen MR) is 77.6 cm³/mol. The number of anilines is 1. The number of nitrogens with zero attached hydrogens (tertiary/aromatic N) is 2. The zero-order valence-electron chi connectivity index (χ0n) is 10.7. The maximum Gasteiger partial charge on any atom is 0.272 e. The molecular weight excluding hydrogens is 308 g/mol. The van der Waals surface area contributed by atoms with Gasteiger partial charge in [-0.1, -0.05) is 28.1 Å². The van der Waals surface area contributed by atoms with E-state index in [4.69, 9.17) is 5.73 Å². The molecule has 0 spiro atoms. The average Bonchev–Trinajstić information content (AvgIpc) is 2.69. The van der Waals surface area contributed by atoms with E-state index in [-0.39, 0.29) is 11.9 Å². The van der Waals surface area contributed by atoms with Crippen LogP contribution in [0, 0.1) is 0 Å². The number of aryl methyl sites for hydroxylation is 1. The summed E-state index contributed by atoms with van der Waals surface area (Å²) in [6, 6.07) is 7.70. The molecule has 0 fully saturated rings. The Balaban J connectivity index is 2.13. The lowest BCUT2D eigenvalue weighted by atomic mass is 10.1. The van der Waals surface area contributed by atoms with Gasteiger partial charge in [-0.15, -0.1) is 0 Å². The third kappa shape index (κ3) is 2.96. The summed E-state index contributed by atoms with van der Waals surface area (Å²) >= 11 is 3.38. The zero-order chi connectivity index (χ0) is 14.0. The fraction of sp³-hybridized carbons (Fsp3) is 0.231. The predicted octanol–water partition coefficient (Wildman–Crippen LogP) is 2.26. The molecule has 1 atom stereocenters. The summed E-state index contributed by atoms with van der Waals surface area (Å²) in [6.45, 7) is 1.92. The van der Waals surface area contributed by atoms with Crippen molar-refractivity contribution in [3.05, 3.63) is 46.2 Å². The van der Waals surface area contributed by atoms with Crippen molar-refractivity contribution in [3.8, 4) is 0 Å². The van der Waals surface area contributed by atoms with E-state index in [0.717, 1.165) is 10.0 Å². The number of aromatic nitrogens is 2. The first kappa shape index (κ1) is 13.6. The minimum atomic E-state index is -0.229. The first-order valence-corrected chi connectivity index (χ1v) is 6.62. The molecule has 0 aliphatic rings. The van der Waals surface area contributed by atoms with Crippen LogP contribution in [-0.4, -0.2) is 15.7 Å². The number of carbonyl (C=O) groups is 1. The van der Waals surface area contributed by atoms with Crippen LogP contribution in [0.5, 0.6) is 0 Å². The molecule has 1 amide bonds. The number of nitrogens with one attached hydrogen (secondary N) is 1. The van der Waals surface area contributed by atoms with E-state index in [1.165, 1.54) is 10.9 Å². The Morgan fingerprint density at radius 1 is 1.42 bits per heavy atom. The maximum absolute atomic E-state index is 12.1. The molecule has 1 heterocycles. The Bertz CT molecular complexity index is 572. The Hall–Kier alpha value is -1.82. The van der Waals surface area contributed by atoms with Crippen LogP contribution >= 0.6 is 15.9 Å². The molecule has 19 heavy (non-hydrogen) atoms. The molecule has 0 saturated heterocycles. The molecule has 2 rings (SSSR count). The Labute approximate surface area is 119 Å². The van der Waals surface area contributed by atoms with Gasteiger partial charge in [-0.2, -0.15) is 5.10 Å². The van der Waals surface area contributed by atoms with Gasteiger partial charge >= 0.3 is 0 Å². The lowest BCUT2D eigenvalue weighted by Gasteiger charge is -2.14. The smallest absolute Gasteiger partial charge is 0.272 e. The molecule has 100 valence electrons. The van der Waals surface area contributed by atoms with Gasteiger partial charge < -0.3 is 11.1 Å². The summed E-state index contributed by atoms with van der Waals surface area (Å²) in [4.78, 5) is 12.1. The Morgan fingerprint density at radius 2 is 2.05 bits per heavy atom. The first-order chi connectivity index (χ1) is 8.99. The summed E-state index contributed by atoms with van der Waals surface area (Å²) in [6.07, 6.45) is 1.47. The summed E-state index contributed by atoms with van der Waals surface area (Å²) in [5, 5.41) is 6.86. The van der Waals surface area contributed by atoms with Gasteiger partial charge in [0.15, 0.2) is 0 Å². The van der Waals surface area contributed by atoms with Crippen LogP contribution in [0.1, 0.15) is 29.0 Å². The third-order valence-corrected chi connectivity index (χ3v) is 3.43. The molecule has 0 radical (unpaired) electrons. The Morgan fingerprint density at radius 3 is 2.58 bits per heavy atom. The quantitative estimate of drug-likeness (QED) is 0.910. The highest BCUT2D eigenvalue weighted by Crippen LogP contribution is 2.18. The van der Waals surface area contributed by atoms with Crippen LogP contribution in [0.2, 0.25) is 0 Å². The van der Waals surface area contributed by atoms with Gasteiger partial charge in [0.25, 0.3) is 5.91 Å². The number of halogens is 1. The van der Waals surface area contributed by atoms with Gasteiger partial charge in [0.05, 0.1) is 17.9 Å². The standard InChI is InChI=1S/C13H15BrN4O/c1-8(9-3-5-10(14)6-4-9)17-13(19)12-11(15)7-16-18(12)2/h3-8H,15H2,1-2H3,(H,17,19)/t8-/m1/s1. The third-order valence-electron chi connectivity index (χ3n) is 2.90. The number of rotatable bonds is 3. The lowest BCUT2D eigenvalue weighted by Crippen LogP contribution is -2.29. The summed E-state index contributed by atoms with van der Waals surface area (Å²) in [5.74, 6) is -0.229. The largest absolute Gasteiger partial charge is 0.396 e. The van der Waals surface area contributed by atoms with Crippen molar-refractivity contribution in [2.45, 2.75) is 13.0 Å². The van der Waals surface area contributed by atoms with Gasteiger partial charge in [-0.05, 0) is 24.6 Å². The van der Waals surface area contributed by atoms with Gasteiger partial charge in [0.2, 0.25) is 0 Å². The molecule has 3 N–H and O–H groups in total. The maximum atomic E-state index is 12.1. The molecule has 1 aromatic carbocycles. The molecule has 1 aromatic heterocycles. The Kier molecular flexibility index (Phi) is 3.90. The molecule has 0 unspecified atom stereocenters. The highest BCUT2D eigenvalue weighted by Gasteiger charge is 2.17. The summed E-state index contributed by atoms with van der Waals surface area (Å²) in [5.41, 5.74) is 7.51. The number of nitrogens with two attached hydrogens (primary N) is 1. The van der Waals surface area contributed by atoms with Crippen LogP contribution < -0.4 is 11.1 Å². The van der Waals surface area contributed by atoms with Crippen molar-refractivity contribution in [3.63, 3.8) is 0 Å². The molecule has 6 heteroatoms. The highest BCUT2D eigenvalue weighted by atomic mass is 79.9. The number of nitrogen functional groups attached to an aromatic ring is 1. The van der Waals surface area contributed by atoms with E-state index in [2.05, 4.69) is 26.3 Å². The fourth-order valence-corrected chi connectivity index (χ4v) is 2.10. The van der Waals surface area contributed by atoms with Crippen molar-refractivity contribution in [1.29, 1.82) is 0 Å². The van der Waals surface area contributed by atoms with Crippen LogP contribution in [0.4, 0.5) is 5.69 Å². The molecular formula is C13H15BrN4O. The van der Waals surface area contributed by atoms with Gasteiger partial charge in [0.1, 0.15) is 5.69 Å². The second-order valence-corrected chi connectivity index (χ2v) is 5.23. The van der Waals surface area contributed by atoms with Gasteiger partial charge in [-0.3, -0.25) is 9.48 Å². The summed E-state index contributed by atoms with van der Waals surface area (Å²) in [7, 11) is 1.69. The number of benzene rings is 1. The number of carbonyl (C=O) groups excluding carboxylic acids is 1. The van der Waals surface area contributed by atoms with E-state index in [1.807, 2.05) is 31.2 Å². The van der Waals surface area contributed by atoms with E-state index in [9.17, 15) is 4.79 Å². The molecule has 0 bridgehead atoms. The summed E-state index contributed by atoms with van der Waals surface area (Å²) < 4.78 is 2.48. The van der Waals surface area contributed by atoms with Crippen molar-refractivity contribution in [1.82, 2.24) is 15.1 Å². The number of amides is 1. The van der Waals surface area contributed by atoms with Crippen LogP contribution in [0.25, 0.3) is 0 Å². The second kappa shape index (κ2) is 5.44. The van der Waals surface area contributed by atoms with Crippen molar-refractivity contribution >= 4 is 27.5 Å². The highest BCUT2D eigenvalue weighted by molar-refractivity contribution is 9.10. The minimum Gasteiger partial charge on any atom is -0.396 e. The van der Waals surface area contributed by atoms with Gasteiger partial charge in [-0.25, -0.2) is 0 Å². The van der Waals surface area contributed by atoms with E-state index < -0.39 is 0 Å². The molecule has 0 aliphatic carbocycles. The SMILES string of the molecule is C[C@@H](NC(=O)c1c(N)cnn1C)c1ccc(Br)cc1. The normalized spacial score (nSPS) is 12.2. The van der Waals surface area contributed by atoms with Crippen molar-refractivity contribution < 1.29 is 4.79 Å². The monoisotopic (exact) mass is 322 g/mol. The molecule has 0 saturated carbocycles. The van der Waals surface area contributed by atoms with E-state index in [0.29, 0.717) is 11.4 Å².